The van der Waals surface area contributed by atoms with Crippen molar-refractivity contribution in [1.29, 1.82) is 0 Å². The first-order chi connectivity index (χ1) is 8.74. The topological polar surface area (TPSA) is 54.0 Å². The molecule has 0 saturated heterocycles. The molecule has 0 aliphatic heterocycles. The molecule has 0 spiro atoms. The zero-order valence-electron chi connectivity index (χ0n) is 10.3. The number of carbonyl (C=O) groups is 1. The molecule has 5 heteroatoms. The molecule has 0 aromatic carbocycles. The predicted octanol–water partition coefficient (Wildman–Crippen LogP) is 2.70. The molecule has 0 bridgehead atoms. The number of pyridine rings is 1. The number of rotatable bonds is 5. The van der Waals surface area contributed by atoms with Crippen LogP contribution in [0.5, 0.6) is 0 Å². The first-order valence-corrected chi connectivity index (χ1v) is 7.18. The Morgan fingerprint density at radius 2 is 2.17 bits per heavy atom. The molecule has 1 aliphatic carbocycles. The standard InChI is InChI=1S/C13H18BrN3O/c14-10-5-6-12(16-9-10)15-8-7-13(18)17-11-3-1-2-4-11/h5-6,9,11H,1-4,7-8H2,(H,15,16)(H,17,18). The number of anilines is 1. The van der Waals surface area contributed by atoms with Crippen molar-refractivity contribution in [2.45, 2.75) is 38.1 Å². The lowest BCUT2D eigenvalue weighted by molar-refractivity contribution is -0.121. The molecule has 2 rings (SSSR count). The summed E-state index contributed by atoms with van der Waals surface area (Å²) in [4.78, 5) is 15.9. The third-order valence-electron chi connectivity index (χ3n) is 3.11. The van der Waals surface area contributed by atoms with Gasteiger partial charge in [-0.3, -0.25) is 4.79 Å². The van der Waals surface area contributed by atoms with Crippen molar-refractivity contribution in [3.63, 3.8) is 0 Å². The molecular weight excluding hydrogens is 294 g/mol. The molecule has 1 aromatic rings. The van der Waals surface area contributed by atoms with Gasteiger partial charge >= 0.3 is 0 Å². The van der Waals surface area contributed by atoms with Gasteiger partial charge in [0.25, 0.3) is 0 Å². The van der Waals surface area contributed by atoms with Gasteiger partial charge in [-0.15, -0.1) is 0 Å². The number of amides is 1. The number of carbonyl (C=O) groups excluding carboxylic acids is 1. The predicted molar refractivity (Wildman–Crippen MR) is 75.4 cm³/mol. The Labute approximate surface area is 116 Å². The third kappa shape index (κ3) is 4.29. The fourth-order valence-corrected chi connectivity index (χ4v) is 2.39. The molecule has 2 N–H and O–H groups in total. The van der Waals surface area contributed by atoms with Crippen molar-refractivity contribution in [3.05, 3.63) is 22.8 Å². The zero-order chi connectivity index (χ0) is 12.8. The van der Waals surface area contributed by atoms with E-state index in [1.807, 2.05) is 12.1 Å². The van der Waals surface area contributed by atoms with Crippen LogP contribution in [0.2, 0.25) is 0 Å². The van der Waals surface area contributed by atoms with Crippen LogP contribution < -0.4 is 10.6 Å². The molecule has 0 radical (unpaired) electrons. The van der Waals surface area contributed by atoms with Crippen LogP contribution in [0.15, 0.2) is 22.8 Å². The fourth-order valence-electron chi connectivity index (χ4n) is 2.15. The van der Waals surface area contributed by atoms with Crippen LogP contribution in [0.25, 0.3) is 0 Å². The molecule has 0 unspecified atom stereocenters. The summed E-state index contributed by atoms with van der Waals surface area (Å²) in [7, 11) is 0. The lowest BCUT2D eigenvalue weighted by Gasteiger charge is -2.12. The maximum absolute atomic E-state index is 11.7. The first-order valence-electron chi connectivity index (χ1n) is 6.39. The second-order valence-corrected chi connectivity index (χ2v) is 5.50. The van der Waals surface area contributed by atoms with Gasteiger partial charge in [0, 0.05) is 29.7 Å². The lowest BCUT2D eigenvalue weighted by Crippen LogP contribution is -2.33. The summed E-state index contributed by atoms with van der Waals surface area (Å²) in [6, 6.07) is 4.22. The minimum Gasteiger partial charge on any atom is -0.370 e. The van der Waals surface area contributed by atoms with Crippen molar-refractivity contribution in [1.82, 2.24) is 10.3 Å². The van der Waals surface area contributed by atoms with E-state index in [4.69, 9.17) is 0 Å². The van der Waals surface area contributed by atoms with Gasteiger partial charge < -0.3 is 10.6 Å². The minimum absolute atomic E-state index is 0.131. The van der Waals surface area contributed by atoms with Gasteiger partial charge in [0.15, 0.2) is 0 Å². The second-order valence-electron chi connectivity index (χ2n) is 4.59. The van der Waals surface area contributed by atoms with Crippen molar-refractivity contribution in [2.75, 3.05) is 11.9 Å². The van der Waals surface area contributed by atoms with E-state index in [0.29, 0.717) is 19.0 Å². The van der Waals surface area contributed by atoms with Crippen molar-refractivity contribution in [3.8, 4) is 0 Å². The van der Waals surface area contributed by atoms with E-state index in [2.05, 4.69) is 31.5 Å². The highest BCUT2D eigenvalue weighted by molar-refractivity contribution is 9.10. The van der Waals surface area contributed by atoms with Crippen LogP contribution in [0, 0.1) is 0 Å². The average molecular weight is 312 g/mol. The highest BCUT2D eigenvalue weighted by atomic mass is 79.9. The van der Waals surface area contributed by atoms with Crippen LogP contribution in [0.3, 0.4) is 0 Å². The number of hydrogen-bond acceptors (Lipinski definition) is 3. The quantitative estimate of drug-likeness (QED) is 0.879. The Morgan fingerprint density at radius 1 is 1.39 bits per heavy atom. The smallest absolute Gasteiger partial charge is 0.221 e. The highest BCUT2D eigenvalue weighted by Crippen LogP contribution is 2.17. The van der Waals surface area contributed by atoms with Gasteiger partial charge in [0.2, 0.25) is 5.91 Å². The van der Waals surface area contributed by atoms with Crippen molar-refractivity contribution >= 4 is 27.7 Å². The number of nitrogens with one attached hydrogen (secondary N) is 2. The van der Waals surface area contributed by atoms with E-state index in [9.17, 15) is 4.79 Å². The molecule has 1 fully saturated rings. The minimum atomic E-state index is 0.131. The largest absolute Gasteiger partial charge is 0.370 e. The number of nitrogens with zero attached hydrogens (tertiary/aromatic N) is 1. The van der Waals surface area contributed by atoms with Crippen LogP contribution >= 0.6 is 15.9 Å². The van der Waals surface area contributed by atoms with E-state index in [1.54, 1.807) is 6.20 Å². The number of aromatic nitrogens is 1. The van der Waals surface area contributed by atoms with Crippen LogP contribution in [-0.4, -0.2) is 23.5 Å². The Hall–Kier alpha value is -1.10. The van der Waals surface area contributed by atoms with E-state index in [0.717, 1.165) is 23.1 Å². The van der Waals surface area contributed by atoms with Crippen LogP contribution in [0.4, 0.5) is 5.82 Å². The second kappa shape index (κ2) is 6.73. The molecule has 4 nitrogen and oxygen atoms in total. The van der Waals surface area contributed by atoms with Gasteiger partial charge in [-0.1, -0.05) is 12.8 Å². The molecule has 1 aliphatic rings. The summed E-state index contributed by atoms with van der Waals surface area (Å²) in [5.74, 6) is 0.929. The van der Waals surface area contributed by atoms with Crippen molar-refractivity contribution in [2.24, 2.45) is 0 Å². The normalized spacial score (nSPS) is 15.6. The monoisotopic (exact) mass is 311 g/mol. The summed E-state index contributed by atoms with van der Waals surface area (Å²) in [5, 5.41) is 6.20. The highest BCUT2D eigenvalue weighted by Gasteiger charge is 2.16. The Morgan fingerprint density at radius 3 is 2.83 bits per heavy atom. The lowest BCUT2D eigenvalue weighted by atomic mass is 10.2. The summed E-state index contributed by atoms with van der Waals surface area (Å²) in [6.07, 6.45) is 6.98. The van der Waals surface area contributed by atoms with Crippen LogP contribution in [0.1, 0.15) is 32.1 Å². The molecule has 98 valence electrons. The summed E-state index contributed by atoms with van der Waals surface area (Å²) in [6.45, 7) is 0.618. The Kier molecular flexibility index (Phi) is 4.99. The Bertz CT molecular complexity index is 388. The molecule has 1 aromatic heterocycles. The maximum Gasteiger partial charge on any atom is 0.221 e. The number of hydrogen-bond donors (Lipinski definition) is 2. The summed E-state index contributed by atoms with van der Waals surface area (Å²) in [5.41, 5.74) is 0. The van der Waals surface area contributed by atoms with Crippen molar-refractivity contribution < 1.29 is 4.79 Å². The van der Waals surface area contributed by atoms with Gasteiger partial charge in [-0.25, -0.2) is 4.98 Å². The molecular formula is C13H18BrN3O. The van der Waals surface area contributed by atoms with Crippen LogP contribution in [-0.2, 0) is 4.79 Å². The molecule has 18 heavy (non-hydrogen) atoms. The number of halogens is 1. The van der Waals surface area contributed by atoms with Gasteiger partial charge in [0.1, 0.15) is 5.82 Å². The molecule has 1 saturated carbocycles. The first kappa shape index (κ1) is 13.3. The Balaban J connectivity index is 1.65. The fraction of sp³-hybridized carbons (Fsp3) is 0.538. The van der Waals surface area contributed by atoms with E-state index in [1.165, 1.54) is 12.8 Å². The van der Waals surface area contributed by atoms with Gasteiger partial charge in [-0.2, -0.15) is 0 Å². The van der Waals surface area contributed by atoms with E-state index in [-0.39, 0.29) is 5.91 Å². The summed E-state index contributed by atoms with van der Waals surface area (Å²) < 4.78 is 0.951. The van der Waals surface area contributed by atoms with Gasteiger partial charge in [0.05, 0.1) is 0 Å². The van der Waals surface area contributed by atoms with E-state index < -0.39 is 0 Å². The third-order valence-corrected chi connectivity index (χ3v) is 3.57. The van der Waals surface area contributed by atoms with E-state index >= 15 is 0 Å². The molecule has 0 atom stereocenters. The van der Waals surface area contributed by atoms with Gasteiger partial charge in [-0.05, 0) is 40.9 Å². The molecule has 1 heterocycles. The maximum atomic E-state index is 11.7. The zero-order valence-corrected chi connectivity index (χ0v) is 11.9. The SMILES string of the molecule is O=C(CCNc1ccc(Br)cn1)NC1CCCC1. The summed E-state index contributed by atoms with van der Waals surface area (Å²) >= 11 is 3.33. The average Bonchev–Trinajstić information content (AvgIpc) is 2.84. The molecule has 1 amide bonds.